The third kappa shape index (κ3) is 3.19. The molecule has 1 aliphatic heterocycles. The Kier molecular flexibility index (Phi) is 3.88. The molecule has 3 atom stereocenters. The molecule has 1 saturated heterocycles. The quantitative estimate of drug-likeness (QED) is 0.757. The average molecular weight is 226 g/mol. The fourth-order valence-electron chi connectivity index (χ4n) is 2.89. The molecule has 0 bridgehead atoms. The Morgan fingerprint density at radius 2 is 2.00 bits per heavy atom. The van der Waals surface area contributed by atoms with Crippen molar-refractivity contribution in [3.05, 3.63) is 0 Å². The van der Waals surface area contributed by atoms with Gasteiger partial charge in [0.15, 0.2) is 0 Å². The molecule has 0 radical (unpaired) electrons. The normalized spacial score (nSPS) is 34.3. The Morgan fingerprint density at radius 3 is 2.56 bits per heavy atom. The van der Waals surface area contributed by atoms with Crippen LogP contribution in [0.15, 0.2) is 0 Å². The largest absolute Gasteiger partial charge is 0.393 e. The third-order valence-corrected chi connectivity index (χ3v) is 4.07. The lowest BCUT2D eigenvalue weighted by Crippen LogP contribution is -2.50. The van der Waals surface area contributed by atoms with Crippen molar-refractivity contribution in [3.63, 3.8) is 0 Å². The molecule has 3 N–H and O–H groups in total. The number of nitrogens with zero attached hydrogens (tertiary/aromatic N) is 1. The Morgan fingerprint density at radius 1 is 1.31 bits per heavy atom. The zero-order valence-corrected chi connectivity index (χ0v) is 10.6. The van der Waals surface area contributed by atoms with Crippen LogP contribution in [-0.4, -0.2) is 41.3 Å². The van der Waals surface area contributed by atoms with Gasteiger partial charge in [-0.1, -0.05) is 0 Å². The summed E-state index contributed by atoms with van der Waals surface area (Å²) >= 11 is 0. The number of aliphatic hydroxyl groups is 1. The van der Waals surface area contributed by atoms with Crippen molar-refractivity contribution >= 4 is 0 Å². The smallest absolute Gasteiger partial charge is 0.0571 e. The summed E-state index contributed by atoms with van der Waals surface area (Å²) in [6.07, 6.45) is 4.44. The lowest BCUT2D eigenvalue weighted by Gasteiger charge is -2.39. The Hall–Kier alpha value is -0.120. The van der Waals surface area contributed by atoms with Crippen molar-refractivity contribution in [1.82, 2.24) is 4.90 Å². The lowest BCUT2D eigenvalue weighted by atomic mass is 9.88. The van der Waals surface area contributed by atoms with Crippen LogP contribution in [0.25, 0.3) is 0 Å². The van der Waals surface area contributed by atoms with Crippen molar-refractivity contribution in [2.75, 3.05) is 13.1 Å². The summed E-state index contributed by atoms with van der Waals surface area (Å²) in [5.41, 5.74) is 6.10. The fourth-order valence-corrected chi connectivity index (χ4v) is 2.89. The van der Waals surface area contributed by atoms with Crippen LogP contribution in [0.5, 0.6) is 0 Å². The molecule has 2 rings (SSSR count). The van der Waals surface area contributed by atoms with Gasteiger partial charge in [0.25, 0.3) is 0 Å². The van der Waals surface area contributed by atoms with Gasteiger partial charge in [-0.25, -0.2) is 0 Å². The molecule has 0 aromatic carbocycles. The second kappa shape index (κ2) is 5.03. The highest BCUT2D eigenvalue weighted by Crippen LogP contribution is 2.36. The topological polar surface area (TPSA) is 49.5 Å². The van der Waals surface area contributed by atoms with E-state index in [1.165, 1.54) is 12.8 Å². The van der Waals surface area contributed by atoms with E-state index in [-0.39, 0.29) is 6.10 Å². The molecule has 1 aliphatic carbocycles. The van der Waals surface area contributed by atoms with Crippen LogP contribution in [0.4, 0.5) is 0 Å². The molecule has 0 aromatic heterocycles. The minimum absolute atomic E-state index is 0.0655. The maximum atomic E-state index is 9.99. The van der Waals surface area contributed by atoms with Crippen LogP contribution in [0.3, 0.4) is 0 Å². The molecule has 16 heavy (non-hydrogen) atoms. The van der Waals surface area contributed by atoms with E-state index in [4.69, 9.17) is 5.73 Å². The minimum Gasteiger partial charge on any atom is -0.393 e. The SMILES string of the molecule is CC(C)N1CC(N)CC(CC(O)C2CC2)C1. The van der Waals surface area contributed by atoms with Gasteiger partial charge in [0.2, 0.25) is 0 Å². The predicted octanol–water partition coefficient (Wildman–Crippen LogP) is 1.20. The summed E-state index contributed by atoms with van der Waals surface area (Å²) in [5, 5.41) is 9.99. The average Bonchev–Trinajstić information content (AvgIpc) is 2.99. The molecule has 3 nitrogen and oxygen atoms in total. The van der Waals surface area contributed by atoms with E-state index < -0.39 is 0 Å². The number of nitrogens with two attached hydrogens (primary N) is 1. The standard InChI is InChI=1S/C13H26N2O/c1-9(2)15-7-10(5-12(14)8-15)6-13(16)11-3-4-11/h9-13,16H,3-8,14H2,1-2H3. The molecule has 1 heterocycles. The summed E-state index contributed by atoms with van der Waals surface area (Å²) in [6, 6.07) is 0.875. The van der Waals surface area contributed by atoms with Gasteiger partial charge in [0.1, 0.15) is 0 Å². The molecular weight excluding hydrogens is 200 g/mol. The lowest BCUT2D eigenvalue weighted by molar-refractivity contribution is 0.0690. The molecule has 2 aliphatic rings. The van der Waals surface area contributed by atoms with Crippen LogP contribution in [0.1, 0.15) is 39.5 Å². The zero-order valence-electron chi connectivity index (χ0n) is 10.6. The van der Waals surface area contributed by atoms with Crippen molar-refractivity contribution in [2.45, 2.75) is 57.7 Å². The van der Waals surface area contributed by atoms with Crippen LogP contribution >= 0.6 is 0 Å². The van der Waals surface area contributed by atoms with Gasteiger partial charge in [0.05, 0.1) is 6.10 Å². The highest BCUT2D eigenvalue weighted by molar-refractivity contribution is 4.88. The number of rotatable bonds is 4. The van der Waals surface area contributed by atoms with Crippen molar-refractivity contribution in [1.29, 1.82) is 0 Å². The number of hydrogen-bond acceptors (Lipinski definition) is 3. The molecule has 3 unspecified atom stereocenters. The molecule has 94 valence electrons. The highest BCUT2D eigenvalue weighted by Gasteiger charge is 2.34. The summed E-state index contributed by atoms with van der Waals surface area (Å²) in [7, 11) is 0. The van der Waals surface area contributed by atoms with Gasteiger partial charge in [-0.3, -0.25) is 4.90 Å². The minimum atomic E-state index is -0.0655. The van der Waals surface area contributed by atoms with Gasteiger partial charge in [-0.2, -0.15) is 0 Å². The molecule has 3 heteroatoms. The fraction of sp³-hybridized carbons (Fsp3) is 1.00. The Bertz CT molecular complexity index is 226. The van der Waals surface area contributed by atoms with Gasteiger partial charge >= 0.3 is 0 Å². The summed E-state index contributed by atoms with van der Waals surface area (Å²) in [6.45, 7) is 6.60. The summed E-state index contributed by atoms with van der Waals surface area (Å²) < 4.78 is 0. The zero-order chi connectivity index (χ0) is 11.7. The van der Waals surface area contributed by atoms with Crippen molar-refractivity contribution in [2.24, 2.45) is 17.6 Å². The maximum absolute atomic E-state index is 9.99. The number of piperidine rings is 1. The van der Waals surface area contributed by atoms with Gasteiger partial charge in [-0.05, 0) is 51.4 Å². The summed E-state index contributed by atoms with van der Waals surface area (Å²) in [5.74, 6) is 1.20. The predicted molar refractivity (Wildman–Crippen MR) is 66.1 cm³/mol. The summed E-state index contributed by atoms with van der Waals surface area (Å²) in [4.78, 5) is 2.46. The molecule has 2 fully saturated rings. The number of aliphatic hydroxyl groups excluding tert-OH is 1. The van der Waals surface area contributed by atoms with Gasteiger partial charge in [0, 0.05) is 25.2 Å². The van der Waals surface area contributed by atoms with E-state index in [1.54, 1.807) is 0 Å². The second-order valence-electron chi connectivity index (χ2n) is 6.05. The van der Waals surface area contributed by atoms with E-state index >= 15 is 0 Å². The third-order valence-electron chi connectivity index (χ3n) is 4.07. The van der Waals surface area contributed by atoms with Gasteiger partial charge in [-0.15, -0.1) is 0 Å². The van der Waals surface area contributed by atoms with E-state index in [9.17, 15) is 5.11 Å². The van der Waals surface area contributed by atoms with Crippen LogP contribution in [0.2, 0.25) is 0 Å². The van der Waals surface area contributed by atoms with Crippen molar-refractivity contribution in [3.8, 4) is 0 Å². The van der Waals surface area contributed by atoms with E-state index in [2.05, 4.69) is 18.7 Å². The maximum Gasteiger partial charge on any atom is 0.0571 e. The van der Waals surface area contributed by atoms with E-state index in [1.807, 2.05) is 0 Å². The first-order chi connectivity index (χ1) is 7.56. The van der Waals surface area contributed by atoms with Crippen molar-refractivity contribution < 1.29 is 5.11 Å². The first-order valence-electron chi connectivity index (χ1n) is 6.74. The molecule has 1 saturated carbocycles. The van der Waals surface area contributed by atoms with Crippen LogP contribution < -0.4 is 5.73 Å². The molecular formula is C13H26N2O. The van der Waals surface area contributed by atoms with Crippen LogP contribution in [0, 0.1) is 11.8 Å². The number of likely N-dealkylation sites (tertiary alicyclic amines) is 1. The second-order valence-corrected chi connectivity index (χ2v) is 6.05. The van der Waals surface area contributed by atoms with E-state index in [0.29, 0.717) is 23.9 Å². The molecule has 0 aromatic rings. The monoisotopic (exact) mass is 226 g/mol. The van der Waals surface area contributed by atoms with Crippen LogP contribution in [-0.2, 0) is 0 Å². The Balaban J connectivity index is 1.83. The first kappa shape index (κ1) is 12.3. The van der Waals surface area contributed by atoms with E-state index in [0.717, 1.165) is 25.9 Å². The molecule has 0 amide bonds. The Labute approximate surface area is 99.0 Å². The number of hydrogen-bond donors (Lipinski definition) is 2. The molecule has 0 spiro atoms. The van der Waals surface area contributed by atoms with Gasteiger partial charge < -0.3 is 10.8 Å². The highest BCUT2D eigenvalue weighted by atomic mass is 16.3. The first-order valence-corrected chi connectivity index (χ1v) is 6.74.